The molecule has 1 N–H and O–H groups in total. The van der Waals surface area contributed by atoms with Crippen molar-refractivity contribution in [1.82, 2.24) is 10.3 Å². The molecule has 1 aromatic carbocycles. The van der Waals surface area contributed by atoms with Crippen LogP contribution in [0.4, 0.5) is 0 Å². The molecule has 0 spiro atoms. The minimum atomic E-state index is 0.592. The third kappa shape index (κ3) is 3.02. The van der Waals surface area contributed by atoms with Crippen LogP contribution >= 0.6 is 11.6 Å². The van der Waals surface area contributed by atoms with Gasteiger partial charge in [-0.25, -0.2) is 0 Å². The molecule has 120 valence electrons. The zero-order valence-corrected chi connectivity index (χ0v) is 14.0. The molecule has 1 heterocycles. The van der Waals surface area contributed by atoms with Crippen molar-refractivity contribution in [1.29, 1.82) is 0 Å². The van der Waals surface area contributed by atoms with E-state index in [-0.39, 0.29) is 0 Å². The van der Waals surface area contributed by atoms with E-state index in [9.17, 15) is 0 Å². The van der Waals surface area contributed by atoms with Crippen molar-refractivity contribution in [3.63, 3.8) is 0 Å². The summed E-state index contributed by atoms with van der Waals surface area (Å²) in [4.78, 5) is 4.10. The van der Waals surface area contributed by atoms with Crippen LogP contribution in [-0.2, 0) is 6.54 Å². The normalized spacial score (nSPS) is 29.6. The Balaban J connectivity index is 1.51. The van der Waals surface area contributed by atoms with Gasteiger partial charge in [0.2, 0.25) is 0 Å². The smallest absolute Gasteiger partial charge is 0.0406 e. The molecule has 2 aliphatic rings. The number of halogens is 1. The number of nitrogens with zero attached hydrogens (tertiary/aromatic N) is 1. The zero-order chi connectivity index (χ0) is 15.6. The summed E-state index contributed by atoms with van der Waals surface area (Å²) >= 11 is 6.07. The van der Waals surface area contributed by atoms with E-state index in [4.69, 9.17) is 11.6 Å². The molecule has 2 aliphatic carbocycles. The molecule has 0 radical (unpaired) electrons. The molecule has 4 rings (SSSR count). The fourth-order valence-corrected chi connectivity index (χ4v) is 4.75. The van der Waals surface area contributed by atoms with Crippen LogP contribution in [0.2, 0.25) is 5.02 Å². The maximum atomic E-state index is 6.07. The molecule has 2 aromatic rings. The first-order valence-electron chi connectivity index (χ1n) is 8.71. The highest BCUT2D eigenvalue weighted by atomic mass is 35.5. The Morgan fingerprint density at radius 2 is 1.65 bits per heavy atom. The van der Waals surface area contributed by atoms with E-state index >= 15 is 0 Å². The lowest BCUT2D eigenvalue weighted by Crippen LogP contribution is -2.57. The molecule has 0 saturated heterocycles. The molecule has 2 nitrogen and oxygen atoms in total. The first-order valence-corrected chi connectivity index (χ1v) is 9.08. The molecule has 3 heteroatoms. The number of hydrogen-bond acceptors (Lipinski definition) is 2. The molecule has 1 aromatic heterocycles. The van der Waals surface area contributed by atoms with Crippen molar-refractivity contribution in [3.05, 3.63) is 64.9 Å². The van der Waals surface area contributed by atoms with Crippen molar-refractivity contribution in [2.24, 2.45) is 11.8 Å². The summed E-state index contributed by atoms with van der Waals surface area (Å²) in [5.41, 5.74) is 2.76. The Bertz CT molecular complexity index is 640. The molecule has 0 bridgehead atoms. The van der Waals surface area contributed by atoms with Gasteiger partial charge in [0.1, 0.15) is 0 Å². The summed E-state index contributed by atoms with van der Waals surface area (Å²) in [5.74, 6) is 2.32. The third-order valence-electron chi connectivity index (χ3n) is 5.73. The number of aromatic nitrogens is 1. The lowest BCUT2D eigenvalue weighted by Gasteiger charge is -2.55. The van der Waals surface area contributed by atoms with Gasteiger partial charge >= 0.3 is 0 Å². The van der Waals surface area contributed by atoms with Gasteiger partial charge in [-0.3, -0.25) is 4.98 Å². The lowest BCUT2D eigenvalue weighted by atomic mass is 9.53. The van der Waals surface area contributed by atoms with Gasteiger partial charge in [-0.05, 0) is 60.1 Å². The Morgan fingerprint density at radius 1 is 0.957 bits per heavy atom. The van der Waals surface area contributed by atoms with Crippen LogP contribution in [0.5, 0.6) is 0 Å². The highest BCUT2D eigenvalue weighted by Crippen LogP contribution is 2.54. The minimum absolute atomic E-state index is 0.592. The van der Waals surface area contributed by atoms with Crippen molar-refractivity contribution in [2.75, 3.05) is 0 Å². The maximum Gasteiger partial charge on any atom is 0.0406 e. The second kappa shape index (κ2) is 6.62. The first kappa shape index (κ1) is 15.2. The van der Waals surface area contributed by atoms with Gasteiger partial charge in [0.15, 0.2) is 0 Å². The summed E-state index contributed by atoms with van der Waals surface area (Å²) < 4.78 is 0. The Kier molecular flexibility index (Phi) is 4.37. The summed E-state index contributed by atoms with van der Waals surface area (Å²) in [6.07, 6.45) is 9.29. The summed E-state index contributed by atoms with van der Waals surface area (Å²) in [5, 5.41) is 4.67. The number of hydrogen-bond donors (Lipinski definition) is 1. The van der Waals surface area contributed by atoms with E-state index < -0.39 is 0 Å². The second-order valence-electron chi connectivity index (χ2n) is 6.95. The summed E-state index contributed by atoms with van der Waals surface area (Å²) in [6, 6.07) is 13.3. The molecule has 0 unspecified atom stereocenters. The van der Waals surface area contributed by atoms with Crippen molar-refractivity contribution in [3.8, 4) is 0 Å². The predicted molar refractivity (Wildman–Crippen MR) is 94.5 cm³/mol. The Hall–Kier alpha value is -1.38. The fourth-order valence-electron chi connectivity index (χ4n) is 4.62. The fraction of sp³-hybridized carbons (Fsp3) is 0.450. The van der Waals surface area contributed by atoms with Gasteiger partial charge in [0.05, 0.1) is 0 Å². The van der Waals surface area contributed by atoms with Gasteiger partial charge < -0.3 is 5.32 Å². The standard InChI is InChI=1S/C20H23ClN2/c21-16-7-5-15(6-8-16)19-17-3-1-2-4-18(17)20(19)23-13-14-9-11-22-12-10-14/h5-12,17-20,23H,1-4,13H2/t17-,18-,19-,20-/m0/s1. The predicted octanol–water partition coefficient (Wildman–Crippen LogP) is 4.80. The number of rotatable bonds is 4. The van der Waals surface area contributed by atoms with Crippen molar-refractivity contribution in [2.45, 2.75) is 44.2 Å². The van der Waals surface area contributed by atoms with Crippen LogP contribution in [0.1, 0.15) is 42.7 Å². The number of fused-ring (bicyclic) bond motifs is 1. The average molecular weight is 327 g/mol. The van der Waals surface area contributed by atoms with E-state index in [1.807, 2.05) is 24.5 Å². The SMILES string of the molecule is Clc1ccc([C@H]2[C@H]3CCCC[C@@H]3[C@@H]2NCc2ccncc2)cc1. The number of benzene rings is 1. The molecule has 2 fully saturated rings. The highest BCUT2D eigenvalue weighted by Gasteiger charge is 2.50. The maximum absolute atomic E-state index is 6.07. The monoisotopic (exact) mass is 326 g/mol. The Labute approximate surface area is 143 Å². The Morgan fingerprint density at radius 3 is 2.39 bits per heavy atom. The quantitative estimate of drug-likeness (QED) is 0.873. The van der Waals surface area contributed by atoms with Crippen molar-refractivity contribution >= 4 is 11.6 Å². The molecule has 0 amide bonds. The molecule has 0 aliphatic heterocycles. The van der Waals surface area contributed by atoms with Gasteiger partial charge in [-0.15, -0.1) is 0 Å². The third-order valence-corrected chi connectivity index (χ3v) is 5.98. The first-order chi connectivity index (χ1) is 11.3. The second-order valence-corrected chi connectivity index (χ2v) is 7.39. The van der Waals surface area contributed by atoms with E-state index in [1.165, 1.54) is 36.8 Å². The van der Waals surface area contributed by atoms with Gasteiger partial charge in [-0.2, -0.15) is 0 Å². The van der Waals surface area contributed by atoms with Crippen LogP contribution in [0.3, 0.4) is 0 Å². The van der Waals surface area contributed by atoms with Gasteiger partial charge in [0, 0.05) is 35.9 Å². The van der Waals surface area contributed by atoms with Crippen LogP contribution in [0.15, 0.2) is 48.8 Å². The topological polar surface area (TPSA) is 24.9 Å². The number of nitrogens with one attached hydrogen (secondary N) is 1. The summed E-state index contributed by atoms with van der Waals surface area (Å²) in [7, 11) is 0. The van der Waals surface area contributed by atoms with E-state index in [2.05, 4.69) is 34.6 Å². The van der Waals surface area contributed by atoms with Gasteiger partial charge in [0.25, 0.3) is 0 Å². The molecular formula is C20H23ClN2. The average Bonchev–Trinajstić information content (AvgIpc) is 2.59. The lowest BCUT2D eigenvalue weighted by molar-refractivity contribution is 0.0254. The van der Waals surface area contributed by atoms with Crippen LogP contribution in [-0.4, -0.2) is 11.0 Å². The molecular weight excluding hydrogens is 304 g/mol. The van der Waals surface area contributed by atoms with Gasteiger partial charge in [-0.1, -0.05) is 36.6 Å². The van der Waals surface area contributed by atoms with Crippen molar-refractivity contribution < 1.29 is 0 Å². The molecule has 23 heavy (non-hydrogen) atoms. The summed E-state index contributed by atoms with van der Waals surface area (Å²) in [6.45, 7) is 0.931. The van der Waals surface area contributed by atoms with Crippen LogP contribution < -0.4 is 5.32 Å². The minimum Gasteiger partial charge on any atom is -0.309 e. The largest absolute Gasteiger partial charge is 0.309 e. The molecule has 4 atom stereocenters. The van der Waals surface area contributed by atoms with E-state index in [0.717, 1.165) is 23.4 Å². The van der Waals surface area contributed by atoms with E-state index in [1.54, 1.807) is 0 Å². The molecule has 2 saturated carbocycles. The van der Waals surface area contributed by atoms with Crippen LogP contribution in [0, 0.1) is 11.8 Å². The van der Waals surface area contributed by atoms with E-state index in [0.29, 0.717) is 12.0 Å². The highest BCUT2D eigenvalue weighted by molar-refractivity contribution is 6.30. The zero-order valence-electron chi connectivity index (χ0n) is 13.3. The number of pyridine rings is 1. The van der Waals surface area contributed by atoms with Crippen LogP contribution in [0.25, 0.3) is 0 Å².